The maximum atomic E-state index is 13.4. The van der Waals surface area contributed by atoms with Crippen LogP contribution < -0.4 is 9.62 Å². The number of benzene rings is 2. The Morgan fingerprint density at radius 3 is 2.52 bits per heavy atom. The van der Waals surface area contributed by atoms with Crippen molar-refractivity contribution >= 4 is 38.2 Å². The zero-order valence-electron chi connectivity index (χ0n) is 16.1. The van der Waals surface area contributed by atoms with Gasteiger partial charge in [0.25, 0.3) is 5.91 Å². The van der Waals surface area contributed by atoms with E-state index < -0.39 is 15.8 Å². The lowest BCUT2D eigenvalue weighted by atomic mass is 9.97. The Kier molecular flexibility index (Phi) is 4.46. The lowest BCUT2D eigenvalue weighted by molar-refractivity contribution is 0.0964. The number of halogens is 1. The van der Waals surface area contributed by atoms with E-state index in [4.69, 9.17) is 4.42 Å². The number of fused-ring (bicyclic) bond motifs is 2. The molecule has 1 N–H and O–H groups in total. The van der Waals surface area contributed by atoms with E-state index in [0.717, 1.165) is 11.8 Å². The summed E-state index contributed by atoms with van der Waals surface area (Å²) in [6.45, 7) is 2.13. The molecule has 1 aromatic heterocycles. The predicted molar refractivity (Wildman–Crippen MR) is 111 cm³/mol. The first-order valence-electron chi connectivity index (χ1n) is 8.94. The Morgan fingerprint density at radius 1 is 1.21 bits per heavy atom. The molecule has 0 unspecified atom stereocenters. The second-order valence-electron chi connectivity index (χ2n) is 6.94. The second kappa shape index (κ2) is 6.73. The van der Waals surface area contributed by atoms with Gasteiger partial charge < -0.3 is 9.73 Å². The van der Waals surface area contributed by atoms with Crippen molar-refractivity contribution in [2.24, 2.45) is 0 Å². The minimum atomic E-state index is -3.49. The van der Waals surface area contributed by atoms with Crippen LogP contribution in [0.5, 0.6) is 0 Å². The Morgan fingerprint density at radius 2 is 1.90 bits per heavy atom. The molecule has 1 aliphatic rings. The van der Waals surface area contributed by atoms with Crippen molar-refractivity contribution in [1.82, 2.24) is 5.32 Å². The smallest absolute Gasteiger partial charge is 0.255 e. The molecule has 8 heteroatoms. The first kappa shape index (κ1) is 19.2. The molecular weight excluding hydrogens is 395 g/mol. The Bertz CT molecular complexity index is 1270. The van der Waals surface area contributed by atoms with Gasteiger partial charge >= 0.3 is 0 Å². The highest BCUT2D eigenvalue weighted by molar-refractivity contribution is 7.92. The quantitative estimate of drug-likeness (QED) is 0.707. The predicted octanol–water partition coefficient (Wildman–Crippen LogP) is 3.78. The number of carbonyl (C=O) groups is 1. The van der Waals surface area contributed by atoms with E-state index in [1.165, 1.54) is 35.6 Å². The van der Waals surface area contributed by atoms with E-state index in [0.29, 0.717) is 39.1 Å². The van der Waals surface area contributed by atoms with Crippen LogP contribution in [0.3, 0.4) is 0 Å². The molecule has 0 fully saturated rings. The Hall–Kier alpha value is -3.13. The molecule has 150 valence electrons. The first-order chi connectivity index (χ1) is 13.7. The number of amides is 1. The van der Waals surface area contributed by atoms with Gasteiger partial charge in [0.2, 0.25) is 10.0 Å². The van der Waals surface area contributed by atoms with Crippen LogP contribution in [0, 0.1) is 5.82 Å². The highest BCUT2D eigenvalue weighted by atomic mass is 32.2. The van der Waals surface area contributed by atoms with Crippen molar-refractivity contribution in [2.45, 2.75) is 6.92 Å². The Labute approximate surface area is 167 Å². The number of carbonyl (C=O) groups excluding carboxylic acids is 1. The number of nitrogens with zero attached hydrogens (tertiary/aromatic N) is 1. The van der Waals surface area contributed by atoms with Gasteiger partial charge in [0.05, 0.1) is 24.1 Å². The number of anilines is 1. The molecule has 0 atom stereocenters. The molecule has 1 amide bonds. The standard InChI is InChI=1S/C21H19FN2O4S/c1-12-8-9-24(29(3,26)27)17-11-18-16(10-15(12)17)19(21(25)23-2)20(28-18)13-4-6-14(22)7-5-13/h4-8,10-11H,9H2,1-3H3,(H,23,25). The molecule has 0 spiro atoms. The largest absolute Gasteiger partial charge is 0.455 e. The van der Waals surface area contributed by atoms with E-state index in [1.54, 1.807) is 12.1 Å². The number of sulfonamides is 1. The van der Waals surface area contributed by atoms with E-state index in [1.807, 2.05) is 13.0 Å². The third-order valence-corrected chi connectivity index (χ3v) is 6.17. The van der Waals surface area contributed by atoms with Crippen molar-refractivity contribution in [1.29, 1.82) is 0 Å². The topological polar surface area (TPSA) is 79.6 Å². The summed E-state index contributed by atoms with van der Waals surface area (Å²) in [6.07, 6.45) is 2.98. The van der Waals surface area contributed by atoms with Gasteiger partial charge in [-0.25, -0.2) is 12.8 Å². The van der Waals surface area contributed by atoms with Crippen molar-refractivity contribution in [3.63, 3.8) is 0 Å². The fraction of sp³-hybridized carbons (Fsp3) is 0.190. The van der Waals surface area contributed by atoms with Crippen molar-refractivity contribution in [2.75, 3.05) is 24.2 Å². The molecule has 6 nitrogen and oxygen atoms in total. The fourth-order valence-corrected chi connectivity index (χ4v) is 4.41. The third kappa shape index (κ3) is 3.19. The van der Waals surface area contributed by atoms with Gasteiger partial charge in [-0.2, -0.15) is 0 Å². The van der Waals surface area contributed by atoms with Crippen LogP contribution in [0.2, 0.25) is 0 Å². The minimum absolute atomic E-state index is 0.233. The van der Waals surface area contributed by atoms with E-state index >= 15 is 0 Å². The van der Waals surface area contributed by atoms with Gasteiger partial charge in [0, 0.05) is 29.6 Å². The van der Waals surface area contributed by atoms with E-state index in [-0.39, 0.29) is 12.5 Å². The summed E-state index contributed by atoms with van der Waals surface area (Å²) in [4.78, 5) is 12.7. The van der Waals surface area contributed by atoms with Gasteiger partial charge in [-0.3, -0.25) is 9.10 Å². The van der Waals surface area contributed by atoms with E-state index in [2.05, 4.69) is 5.32 Å². The summed E-state index contributed by atoms with van der Waals surface area (Å²) in [5, 5.41) is 3.17. The third-order valence-electron chi connectivity index (χ3n) is 5.02. The highest BCUT2D eigenvalue weighted by Crippen LogP contribution is 2.41. The summed E-state index contributed by atoms with van der Waals surface area (Å²) in [5.41, 5.74) is 3.38. The van der Waals surface area contributed by atoms with Crippen LogP contribution in [0.4, 0.5) is 10.1 Å². The number of hydrogen-bond acceptors (Lipinski definition) is 4. The number of nitrogens with one attached hydrogen (secondary N) is 1. The average Bonchev–Trinajstić information content (AvgIpc) is 3.04. The van der Waals surface area contributed by atoms with Gasteiger partial charge in [-0.05, 0) is 42.8 Å². The van der Waals surface area contributed by atoms with E-state index in [9.17, 15) is 17.6 Å². The normalized spacial score (nSPS) is 13.9. The molecule has 29 heavy (non-hydrogen) atoms. The van der Waals surface area contributed by atoms with Crippen molar-refractivity contribution in [3.05, 3.63) is 59.4 Å². The van der Waals surface area contributed by atoms with Gasteiger partial charge in [-0.1, -0.05) is 6.08 Å². The summed E-state index contributed by atoms with van der Waals surface area (Å²) < 4.78 is 45.1. The molecule has 0 saturated heterocycles. The highest BCUT2D eigenvalue weighted by Gasteiger charge is 2.28. The van der Waals surface area contributed by atoms with Gasteiger partial charge in [0.15, 0.2) is 0 Å². The van der Waals surface area contributed by atoms with Crippen LogP contribution in [-0.4, -0.2) is 34.2 Å². The molecule has 0 aliphatic carbocycles. The van der Waals surface area contributed by atoms with Crippen LogP contribution in [0.25, 0.3) is 27.9 Å². The molecular formula is C21H19FN2O4S. The zero-order valence-corrected chi connectivity index (χ0v) is 16.9. The lowest BCUT2D eigenvalue weighted by Gasteiger charge is -2.28. The summed E-state index contributed by atoms with van der Waals surface area (Å²) in [6, 6.07) is 9.07. The Balaban J connectivity index is 2.04. The molecule has 0 radical (unpaired) electrons. The first-order valence-corrected chi connectivity index (χ1v) is 10.8. The van der Waals surface area contributed by atoms with Crippen LogP contribution in [-0.2, 0) is 10.0 Å². The summed E-state index contributed by atoms with van der Waals surface area (Å²) in [7, 11) is -1.97. The zero-order chi connectivity index (χ0) is 20.9. The summed E-state index contributed by atoms with van der Waals surface area (Å²) in [5.74, 6) is -0.443. The van der Waals surface area contributed by atoms with Gasteiger partial charge in [0.1, 0.15) is 17.2 Å². The fourth-order valence-electron chi connectivity index (χ4n) is 3.55. The molecule has 4 rings (SSSR count). The minimum Gasteiger partial charge on any atom is -0.455 e. The van der Waals surface area contributed by atoms with Crippen LogP contribution in [0.1, 0.15) is 22.8 Å². The monoisotopic (exact) mass is 414 g/mol. The molecule has 1 aliphatic heterocycles. The maximum absolute atomic E-state index is 13.4. The second-order valence-corrected chi connectivity index (χ2v) is 8.85. The molecule has 3 aromatic rings. The number of rotatable bonds is 3. The van der Waals surface area contributed by atoms with Crippen LogP contribution in [0.15, 0.2) is 46.9 Å². The molecule has 2 aromatic carbocycles. The maximum Gasteiger partial charge on any atom is 0.255 e. The SMILES string of the molecule is CNC(=O)c1c(-c2ccc(F)cc2)oc2cc3c(cc12)C(C)=CCN3S(C)(=O)=O. The molecule has 0 bridgehead atoms. The number of hydrogen-bond donors (Lipinski definition) is 1. The summed E-state index contributed by atoms with van der Waals surface area (Å²) >= 11 is 0. The van der Waals surface area contributed by atoms with Crippen molar-refractivity contribution in [3.8, 4) is 11.3 Å². The lowest BCUT2D eigenvalue weighted by Crippen LogP contribution is -2.32. The van der Waals surface area contributed by atoms with Crippen molar-refractivity contribution < 1.29 is 22.0 Å². The average molecular weight is 414 g/mol. The number of allylic oxidation sites excluding steroid dienone is 1. The van der Waals surface area contributed by atoms with Gasteiger partial charge in [-0.15, -0.1) is 0 Å². The van der Waals surface area contributed by atoms with Crippen LogP contribution >= 0.6 is 0 Å². The number of furan rings is 1. The molecule has 0 saturated carbocycles. The molecule has 2 heterocycles.